The normalized spacial score (nSPS) is 10.1. The predicted octanol–water partition coefficient (Wildman–Crippen LogP) is 2.92. The predicted molar refractivity (Wildman–Crippen MR) is 91.1 cm³/mol. The maximum atomic E-state index is 12.3. The molecule has 1 aromatic carbocycles. The number of nitriles is 1. The minimum absolute atomic E-state index is 0.248. The number of aromatic nitrogens is 2. The second-order valence-corrected chi connectivity index (χ2v) is 5.30. The quantitative estimate of drug-likeness (QED) is 0.744. The van der Waals surface area contributed by atoms with Gasteiger partial charge in [0, 0.05) is 11.4 Å². The van der Waals surface area contributed by atoms with Gasteiger partial charge in [0.1, 0.15) is 11.5 Å². The van der Waals surface area contributed by atoms with Gasteiger partial charge in [0.05, 0.1) is 24.4 Å². The molecule has 7 nitrogen and oxygen atoms in total. The number of benzene rings is 1. The molecule has 0 radical (unpaired) electrons. The van der Waals surface area contributed by atoms with Gasteiger partial charge < -0.3 is 15.1 Å². The smallest absolute Gasteiger partial charge is 0.270 e. The van der Waals surface area contributed by atoms with Gasteiger partial charge in [0.2, 0.25) is 5.95 Å². The number of carbonyl (C=O) groups excluding carboxylic acids is 1. The molecule has 0 aliphatic heterocycles. The highest BCUT2D eigenvalue weighted by atomic mass is 16.3. The minimum Gasteiger partial charge on any atom is -0.467 e. The molecule has 0 unspecified atom stereocenters. The number of nitrogens with zero attached hydrogens (tertiary/aromatic N) is 3. The summed E-state index contributed by atoms with van der Waals surface area (Å²) in [4.78, 5) is 20.8. The SMILES string of the molecule is Cc1cc(C(=O)NCc2ccco2)nc(Nc2cccc(C#N)c2)n1. The highest BCUT2D eigenvalue weighted by Gasteiger charge is 2.11. The molecule has 0 aliphatic rings. The van der Waals surface area contributed by atoms with Crippen molar-refractivity contribution in [3.63, 3.8) is 0 Å². The molecular formula is C18H15N5O2. The summed E-state index contributed by atoms with van der Waals surface area (Å²) in [6.45, 7) is 2.06. The fraction of sp³-hybridized carbons (Fsp3) is 0.111. The molecule has 0 saturated heterocycles. The maximum Gasteiger partial charge on any atom is 0.270 e. The lowest BCUT2D eigenvalue weighted by Crippen LogP contribution is -2.24. The van der Waals surface area contributed by atoms with E-state index < -0.39 is 0 Å². The van der Waals surface area contributed by atoms with Crippen LogP contribution in [0.5, 0.6) is 0 Å². The molecule has 7 heteroatoms. The highest BCUT2D eigenvalue weighted by molar-refractivity contribution is 5.92. The Labute approximate surface area is 144 Å². The molecule has 0 aliphatic carbocycles. The van der Waals surface area contributed by atoms with E-state index in [-0.39, 0.29) is 18.1 Å². The first-order chi connectivity index (χ1) is 12.1. The van der Waals surface area contributed by atoms with Gasteiger partial charge in [0.25, 0.3) is 5.91 Å². The van der Waals surface area contributed by atoms with E-state index in [9.17, 15) is 4.79 Å². The lowest BCUT2D eigenvalue weighted by molar-refractivity contribution is 0.0943. The molecule has 2 N–H and O–H groups in total. The fourth-order valence-corrected chi connectivity index (χ4v) is 2.21. The molecular weight excluding hydrogens is 318 g/mol. The summed E-state index contributed by atoms with van der Waals surface area (Å²) in [5.41, 5.74) is 2.09. The average Bonchev–Trinajstić information content (AvgIpc) is 3.13. The van der Waals surface area contributed by atoms with E-state index in [0.29, 0.717) is 28.7 Å². The van der Waals surface area contributed by atoms with Crippen molar-refractivity contribution in [1.82, 2.24) is 15.3 Å². The van der Waals surface area contributed by atoms with Crippen LogP contribution in [0.4, 0.5) is 11.6 Å². The van der Waals surface area contributed by atoms with Crippen LogP contribution in [0.25, 0.3) is 0 Å². The van der Waals surface area contributed by atoms with Crippen molar-refractivity contribution >= 4 is 17.5 Å². The molecule has 0 fully saturated rings. The van der Waals surface area contributed by atoms with Crippen LogP contribution in [0.1, 0.15) is 27.5 Å². The first-order valence-corrected chi connectivity index (χ1v) is 7.57. The number of carbonyl (C=O) groups is 1. The van der Waals surface area contributed by atoms with Gasteiger partial charge in [-0.1, -0.05) is 6.07 Å². The Kier molecular flexibility index (Phi) is 4.72. The van der Waals surface area contributed by atoms with Crippen LogP contribution in [0, 0.1) is 18.3 Å². The Bertz CT molecular complexity index is 929. The third-order valence-electron chi connectivity index (χ3n) is 3.34. The summed E-state index contributed by atoms with van der Waals surface area (Å²) in [7, 11) is 0. The van der Waals surface area contributed by atoms with Gasteiger partial charge in [-0.15, -0.1) is 0 Å². The van der Waals surface area contributed by atoms with Gasteiger partial charge in [-0.05, 0) is 43.3 Å². The molecule has 0 saturated carbocycles. The molecule has 3 rings (SSSR count). The molecule has 2 heterocycles. The lowest BCUT2D eigenvalue weighted by atomic mass is 10.2. The summed E-state index contributed by atoms with van der Waals surface area (Å²) >= 11 is 0. The number of aryl methyl sites for hydroxylation is 1. The standard InChI is InChI=1S/C18H15N5O2/c1-12-8-16(17(24)20-11-15-6-3-7-25-15)23-18(21-12)22-14-5-2-4-13(9-14)10-19/h2-9H,11H2,1H3,(H,20,24)(H,21,22,23). The number of hydrogen-bond donors (Lipinski definition) is 2. The first kappa shape index (κ1) is 16.2. The molecule has 0 bridgehead atoms. The van der Waals surface area contributed by atoms with Crippen LogP contribution in [0.2, 0.25) is 0 Å². The number of rotatable bonds is 5. The van der Waals surface area contributed by atoms with Crippen LogP contribution >= 0.6 is 0 Å². The molecule has 25 heavy (non-hydrogen) atoms. The van der Waals surface area contributed by atoms with Crippen molar-refractivity contribution in [2.45, 2.75) is 13.5 Å². The molecule has 0 atom stereocenters. The van der Waals surface area contributed by atoms with Crippen LogP contribution in [0.15, 0.2) is 53.1 Å². The van der Waals surface area contributed by atoms with Crippen LogP contribution in [-0.4, -0.2) is 15.9 Å². The van der Waals surface area contributed by atoms with E-state index in [1.54, 1.807) is 55.7 Å². The highest BCUT2D eigenvalue weighted by Crippen LogP contribution is 2.15. The molecule has 3 aromatic rings. The molecule has 1 amide bonds. The summed E-state index contributed by atoms with van der Waals surface area (Å²) in [6.07, 6.45) is 1.55. The van der Waals surface area contributed by atoms with Gasteiger partial charge in [0.15, 0.2) is 0 Å². The zero-order valence-electron chi connectivity index (χ0n) is 13.5. The number of anilines is 2. The van der Waals surface area contributed by atoms with Crippen molar-refractivity contribution in [2.75, 3.05) is 5.32 Å². The zero-order chi connectivity index (χ0) is 17.6. The van der Waals surface area contributed by atoms with E-state index in [4.69, 9.17) is 9.68 Å². The number of nitrogens with one attached hydrogen (secondary N) is 2. The van der Waals surface area contributed by atoms with E-state index in [1.165, 1.54) is 0 Å². The molecule has 0 spiro atoms. The van der Waals surface area contributed by atoms with Gasteiger partial charge in [-0.25, -0.2) is 9.97 Å². The summed E-state index contributed by atoms with van der Waals surface area (Å²) < 4.78 is 5.18. The second kappa shape index (κ2) is 7.27. The summed E-state index contributed by atoms with van der Waals surface area (Å²) in [5.74, 6) is 0.625. The summed E-state index contributed by atoms with van der Waals surface area (Å²) in [6, 6.07) is 14.2. The first-order valence-electron chi connectivity index (χ1n) is 7.57. The van der Waals surface area contributed by atoms with Crippen LogP contribution < -0.4 is 10.6 Å². The minimum atomic E-state index is -0.323. The average molecular weight is 333 g/mol. The van der Waals surface area contributed by atoms with Crippen LogP contribution in [-0.2, 0) is 6.54 Å². The summed E-state index contributed by atoms with van der Waals surface area (Å²) in [5, 5.41) is 14.7. The zero-order valence-corrected chi connectivity index (χ0v) is 13.5. The molecule has 124 valence electrons. The molecule has 2 aromatic heterocycles. The van der Waals surface area contributed by atoms with Crippen LogP contribution in [0.3, 0.4) is 0 Å². The van der Waals surface area contributed by atoms with E-state index in [0.717, 1.165) is 0 Å². The lowest BCUT2D eigenvalue weighted by Gasteiger charge is -2.08. The second-order valence-electron chi connectivity index (χ2n) is 5.30. The maximum absolute atomic E-state index is 12.3. The number of amides is 1. The third-order valence-corrected chi connectivity index (χ3v) is 3.34. The Morgan fingerprint density at radius 3 is 2.88 bits per heavy atom. The monoisotopic (exact) mass is 333 g/mol. The van der Waals surface area contributed by atoms with Crippen molar-refractivity contribution in [1.29, 1.82) is 5.26 Å². The number of hydrogen-bond acceptors (Lipinski definition) is 6. The van der Waals surface area contributed by atoms with E-state index in [1.807, 2.05) is 0 Å². The third kappa shape index (κ3) is 4.20. The van der Waals surface area contributed by atoms with E-state index >= 15 is 0 Å². The number of furan rings is 1. The largest absolute Gasteiger partial charge is 0.467 e. The Morgan fingerprint density at radius 2 is 2.12 bits per heavy atom. The van der Waals surface area contributed by atoms with Gasteiger partial charge >= 0.3 is 0 Å². The van der Waals surface area contributed by atoms with Crippen molar-refractivity contribution in [3.8, 4) is 6.07 Å². The van der Waals surface area contributed by atoms with E-state index in [2.05, 4.69) is 26.7 Å². The Hall–Kier alpha value is -3.66. The Morgan fingerprint density at radius 1 is 1.24 bits per heavy atom. The van der Waals surface area contributed by atoms with Crippen molar-refractivity contribution in [2.24, 2.45) is 0 Å². The Balaban J connectivity index is 1.75. The fourth-order valence-electron chi connectivity index (χ4n) is 2.21. The topological polar surface area (TPSA) is 104 Å². The van der Waals surface area contributed by atoms with Gasteiger partial charge in [-0.2, -0.15) is 5.26 Å². The van der Waals surface area contributed by atoms with Crippen molar-refractivity contribution in [3.05, 3.63) is 71.4 Å². The van der Waals surface area contributed by atoms with Gasteiger partial charge in [-0.3, -0.25) is 4.79 Å². The van der Waals surface area contributed by atoms with Crippen molar-refractivity contribution < 1.29 is 9.21 Å².